The number of carbonyl (C=O) groups excluding carboxylic acids is 1. The van der Waals surface area contributed by atoms with Crippen molar-refractivity contribution >= 4 is 40.2 Å². The van der Waals surface area contributed by atoms with Gasteiger partial charge in [0.2, 0.25) is 0 Å². The van der Waals surface area contributed by atoms with Gasteiger partial charge in [0, 0.05) is 17.0 Å². The number of nitro groups is 1. The van der Waals surface area contributed by atoms with E-state index in [9.17, 15) is 14.9 Å². The minimum Gasteiger partial charge on any atom is -0.483 e. The van der Waals surface area contributed by atoms with E-state index < -0.39 is 10.8 Å². The van der Waals surface area contributed by atoms with Crippen LogP contribution in [-0.2, 0) is 4.79 Å². The Hall–Kier alpha value is -3.45. The highest BCUT2D eigenvalue weighted by Gasteiger charge is 2.12. The molecule has 0 saturated carbocycles. The molecule has 0 saturated heterocycles. The third-order valence-electron chi connectivity index (χ3n) is 3.68. The smallest absolute Gasteiger partial charge is 0.288 e. The van der Waals surface area contributed by atoms with Crippen molar-refractivity contribution in [1.82, 2.24) is 5.43 Å². The van der Waals surface area contributed by atoms with E-state index in [2.05, 4.69) is 10.5 Å². The van der Waals surface area contributed by atoms with Gasteiger partial charge in [0.15, 0.2) is 6.61 Å². The second-order valence-corrected chi connectivity index (χ2v) is 5.93. The van der Waals surface area contributed by atoms with Crippen LogP contribution in [0, 0.1) is 10.1 Å². The molecular weight excluding hydrogens is 370 g/mol. The molecule has 0 aromatic heterocycles. The lowest BCUT2D eigenvalue weighted by atomic mass is 10.1. The molecule has 3 rings (SSSR count). The van der Waals surface area contributed by atoms with Gasteiger partial charge < -0.3 is 4.74 Å². The predicted octanol–water partition coefficient (Wildman–Crippen LogP) is 3.93. The van der Waals surface area contributed by atoms with Crippen LogP contribution in [-0.4, -0.2) is 23.7 Å². The summed E-state index contributed by atoms with van der Waals surface area (Å²) in [6, 6.07) is 17.5. The van der Waals surface area contributed by atoms with E-state index in [-0.39, 0.29) is 17.3 Å². The summed E-state index contributed by atoms with van der Waals surface area (Å²) in [6.45, 7) is -0.216. The summed E-state index contributed by atoms with van der Waals surface area (Å²) in [6.07, 6.45) is 1.29. The van der Waals surface area contributed by atoms with E-state index in [0.29, 0.717) is 11.3 Å². The van der Waals surface area contributed by atoms with E-state index in [1.165, 1.54) is 18.3 Å². The lowest BCUT2D eigenvalue weighted by molar-refractivity contribution is -0.384. The average Bonchev–Trinajstić information content (AvgIpc) is 2.67. The fraction of sp³-hybridized carbons (Fsp3) is 0.0526. The fourth-order valence-electron chi connectivity index (χ4n) is 2.43. The predicted molar refractivity (Wildman–Crippen MR) is 103 cm³/mol. The second kappa shape index (κ2) is 8.29. The Morgan fingerprint density at radius 3 is 2.78 bits per heavy atom. The molecule has 136 valence electrons. The van der Waals surface area contributed by atoms with Crippen molar-refractivity contribution in [2.24, 2.45) is 5.10 Å². The van der Waals surface area contributed by atoms with Crippen molar-refractivity contribution in [1.29, 1.82) is 0 Å². The van der Waals surface area contributed by atoms with Crippen LogP contribution in [0.3, 0.4) is 0 Å². The number of halogens is 1. The molecular formula is C19H14ClN3O4. The van der Waals surface area contributed by atoms with Crippen LogP contribution in [0.25, 0.3) is 10.8 Å². The minimum absolute atomic E-state index is 0.0321. The molecule has 0 atom stereocenters. The Kier molecular flexibility index (Phi) is 5.63. The number of benzene rings is 3. The number of nitro benzene ring substituents is 1. The quantitative estimate of drug-likeness (QED) is 0.396. The Morgan fingerprint density at radius 1 is 1.19 bits per heavy atom. The molecule has 0 aliphatic rings. The summed E-state index contributed by atoms with van der Waals surface area (Å²) in [5.41, 5.74) is 2.52. The molecule has 0 unspecified atom stereocenters. The van der Waals surface area contributed by atoms with Gasteiger partial charge in [-0.05, 0) is 17.5 Å². The highest BCUT2D eigenvalue weighted by atomic mass is 35.5. The monoisotopic (exact) mass is 383 g/mol. The van der Waals surface area contributed by atoms with E-state index in [4.69, 9.17) is 16.3 Å². The van der Waals surface area contributed by atoms with Crippen LogP contribution >= 0.6 is 11.6 Å². The van der Waals surface area contributed by atoms with E-state index in [1.807, 2.05) is 36.4 Å². The molecule has 1 N–H and O–H groups in total. The molecule has 0 bridgehead atoms. The Bertz CT molecular complexity index is 1030. The molecule has 3 aromatic carbocycles. The number of carbonyl (C=O) groups is 1. The third kappa shape index (κ3) is 4.59. The van der Waals surface area contributed by atoms with Crippen LogP contribution in [0.4, 0.5) is 5.69 Å². The van der Waals surface area contributed by atoms with Crippen LogP contribution in [0.2, 0.25) is 5.02 Å². The maximum atomic E-state index is 11.9. The topological polar surface area (TPSA) is 93.8 Å². The summed E-state index contributed by atoms with van der Waals surface area (Å²) in [5, 5.41) is 16.6. The standard InChI is InChI=1S/C19H14ClN3O4/c20-16-9-8-13(10-17(16)23(25)26)11-21-22-19(24)12-27-18-7-3-5-14-4-1-2-6-15(14)18/h1-11H,12H2,(H,22,24)/b21-11+. The minimum atomic E-state index is -0.587. The molecule has 1 amide bonds. The number of ether oxygens (including phenoxy) is 1. The molecule has 27 heavy (non-hydrogen) atoms. The lowest BCUT2D eigenvalue weighted by Crippen LogP contribution is -2.24. The summed E-state index contributed by atoms with van der Waals surface area (Å²) in [7, 11) is 0. The van der Waals surface area contributed by atoms with Crippen LogP contribution < -0.4 is 10.2 Å². The van der Waals surface area contributed by atoms with Crippen molar-refractivity contribution in [3.8, 4) is 5.75 Å². The first-order valence-electron chi connectivity index (χ1n) is 7.91. The maximum absolute atomic E-state index is 11.9. The molecule has 0 spiro atoms. The van der Waals surface area contributed by atoms with Gasteiger partial charge in [-0.15, -0.1) is 0 Å². The van der Waals surface area contributed by atoms with Crippen LogP contribution in [0.15, 0.2) is 65.8 Å². The lowest BCUT2D eigenvalue weighted by Gasteiger charge is -2.08. The van der Waals surface area contributed by atoms with Crippen molar-refractivity contribution in [3.63, 3.8) is 0 Å². The third-order valence-corrected chi connectivity index (χ3v) is 4.00. The zero-order valence-corrected chi connectivity index (χ0v) is 14.7. The van der Waals surface area contributed by atoms with E-state index in [1.54, 1.807) is 12.1 Å². The van der Waals surface area contributed by atoms with Gasteiger partial charge in [0.1, 0.15) is 10.8 Å². The SMILES string of the molecule is O=C(COc1cccc2ccccc12)N/N=C/c1ccc(Cl)c([N+](=O)[O-])c1. The molecule has 7 nitrogen and oxygen atoms in total. The largest absolute Gasteiger partial charge is 0.483 e. The molecule has 3 aromatic rings. The number of hydrazone groups is 1. The van der Waals surface area contributed by atoms with Crippen LogP contribution in [0.5, 0.6) is 5.75 Å². The summed E-state index contributed by atoms with van der Waals surface area (Å²) in [4.78, 5) is 22.2. The number of hydrogen-bond donors (Lipinski definition) is 1. The molecule has 0 aliphatic heterocycles. The van der Waals surface area contributed by atoms with Gasteiger partial charge in [0.05, 0.1) is 11.1 Å². The Morgan fingerprint density at radius 2 is 1.96 bits per heavy atom. The normalized spacial score (nSPS) is 10.9. The van der Waals surface area contributed by atoms with Crippen molar-refractivity contribution in [2.75, 3.05) is 6.61 Å². The molecule has 8 heteroatoms. The Balaban J connectivity index is 1.59. The number of amides is 1. The zero-order valence-electron chi connectivity index (χ0n) is 14.0. The highest BCUT2D eigenvalue weighted by Crippen LogP contribution is 2.25. The van der Waals surface area contributed by atoms with Gasteiger partial charge in [-0.1, -0.05) is 54.1 Å². The average molecular weight is 384 g/mol. The van der Waals surface area contributed by atoms with Crippen molar-refractivity contribution in [2.45, 2.75) is 0 Å². The number of hydrogen-bond acceptors (Lipinski definition) is 5. The summed E-state index contributed by atoms with van der Waals surface area (Å²) >= 11 is 5.74. The molecule has 0 aliphatic carbocycles. The van der Waals surface area contributed by atoms with E-state index >= 15 is 0 Å². The second-order valence-electron chi connectivity index (χ2n) is 5.53. The Labute approximate surface area is 159 Å². The van der Waals surface area contributed by atoms with Gasteiger partial charge in [0.25, 0.3) is 11.6 Å². The van der Waals surface area contributed by atoms with Gasteiger partial charge in [-0.3, -0.25) is 14.9 Å². The number of rotatable bonds is 6. The zero-order chi connectivity index (χ0) is 19.2. The van der Waals surface area contributed by atoms with Gasteiger partial charge in [-0.2, -0.15) is 5.10 Å². The molecule has 0 radical (unpaired) electrons. The van der Waals surface area contributed by atoms with Gasteiger partial charge >= 0.3 is 0 Å². The van der Waals surface area contributed by atoms with E-state index in [0.717, 1.165) is 10.8 Å². The number of nitrogens with zero attached hydrogens (tertiary/aromatic N) is 2. The van der Waals surface area contributed by atoms with Crippen molar-refractivity contribution in [3.05, 3.63) is 81.4 Å². The van der Waals surface area contributed by atoms with Crippen LogP contribution in [0.1, 0.15) is 5.56 Å². The fourth-order valence-corrected chi connectivity index (χ4v) is 2.61. The highest BCUT2D eigenvalue weighted by molar-refractivity contribution is 6.32. The summed E-state index contributed by atoms with van der Waals surface area (Å²) < 4.78 is 5.56. The first-order valence-corrected chi connectivity index (χ1v) is 8.29. The first kappa shape index (κ1) is 18.3. The number of nitrogens with one attached hydrogen (secondary N) is 1. The molecule has 0 heterocycles. The molecule has 0 fully saturated rings. The maximum Gasteiger partial charge on any atom is 0.288 e. The van der Waals surface area contributed by atoms with Crippen molar-refractivity contribution < 1.29 is 14.5 Å². The number of fused-ring (bicyclic) bond motifs is 1. The first-order chi connectivity index (χ1) is 13.0. The summed E-state index contributed by atoms with van der Waals surface area (Å²) in [5.74, 6) is 0.142. The van der Waals surface area contributed by atoms with Gasteiger partial charge in [-0.25, -0.2) is 5.43 Å².